The first kappa shape index (κ1) is 21.1. The first-order chi connectivity index (χ1) is 14.8. The average molecular weight is 500 g/mol. The lowest BCUT2D eigenvalue weighted by atomic mass is 10.1. The van der Waals surface area contributed by atoms with E-state index in [-0.39, 0.29) is 9.80 Å². The minimum atomic E-state index is -4.16. The molecule has 0 fully saturated rings. The van der Waals surface area contributed by atoms with Crippen molar-refractivity contribution in [3.05, 3.63) is 99.6 Å². The van der Waals surface area contributed by atoms with E-state index < -0.39 is 27.5 Å². The lowest BCUT2D eigenvalue weighted by Gasteiger charge is -2.27. The third-order valence-electron chi connectivity index (χ3n) is 5.04. The fourth-order valence-corrected chi connectivity index (χ4v) is 5.45. The second kappa shape index (κ2) is 8.20. The Balaban J connectivity index is 1.93. The van der Waals surface area contributed by atoms with Crippen LogP contribution in [0, 0.1) is 0 Å². The smallest absolute Gasteiger partial charge is 0.295 e. The normalized spacial score (nSPS) is 16.6. The van der Waals surface area contributed by atoms with E-state index in [0.717, 1.165) is 4.47 Å². The SMILES string of the molecule is COc1ccc([C@H]2C(S(=O)(=O)c3ccccc3)=C(O)C(=O)N2c2ccc(Br)cc2)cc1. The molecule has 158 valence electrons. The summed E-state index contributed by atoms with van der Waals surface area (Å²) in [6.07, 6.45) is 0. The number of benzene rings is 3. The van der Waals surface area contributed by atoms with Crippen molar-refractivity contribution in [3.63, 3.8) is 0 Å². The molecule has 3 aromatic rings. The van der Waals surface area contributed by atoms with Gasteiger partial charge in [0.15, 0.2) is 5.76 Å². The molecule has 0 bridgehead atoms. The van der Waals surface area contributed by atoms with Gasteiger partial charge in [-0.25, -0.2) is 8.42 Å². The Labute approximate surface area is 188 Å². The molecular formula is C23H18BrNO5S. The Kier molecular flexibility index (Phi) is 5.60. The van der Waals surface area contributed by atoms with Crippen LogP contribution in [0.25, 0.3) is 0 Å². The van der Waals surface area contributed by atoms with Gasteiger partial charge in [0, 0.05) is 10.2 Å². The zero-order chi connectivity index (χ0) is 22.2. The van der Waals surface area contributed by atoms with Crippen LogP contribution in [0.5, 0.6) is 5.75 Å². The Morgan fingerprint density at radius 1 is 0.935 bits per heavy atom. The van der Waals surface area contributed by atoms with Gasteiger partial charge in [-0.3, -0.25) is 9.69 Å². The molecule has 0 unspecified atom stereocenters. The topological polar surface area (TPSA) is 83.9 Å². The van der Waals surface area contributed by atoms with Gasteiger partial charge in [0.1, 0.15) is 16.7 Å². The van der Waals surface area contributed by atoms with E-state index in [0.29, 0.717) is 17.0 Å². The summed E-state index contributed by atoms with van der Waals surface area (Å²) in [7, 11) is -2.63. The quantitative estimate of drug-likeness (QED) is 0.545. The highest BCUT2D eigenvalue weighted by atomic mass is 79.9. The maximum Gasteiger partial charge on any atom is 0.295 e. The first-order valence-electron chi connectivity index (χ1n) is 9.31. The lowest BCUT2D eigenvalue weighted by molar-refractivity contribution is -0.117. The number of ether oxygens (including phenoxy) is 1. The number of hydrogen-bond acceptors (Lipinski definition) is 5. The van der Waals surface area contributed by atoms with E-state index in [4.69, 9.17) is 4.74 Å². The van der Waals surface area contributed by atoms with Gasteiger partial charge < -0.3 is 9.84 Å². The highest BCUT2D eigenvalue weighted by molar-refractivity contribution is 9.10. The van der Waals surface area contributed by atoms with E-state index >= 15 is 0 Å². The number of hydrogen-bond donors (Lipinski definition) is 1. The van der Waals surface area contributed by atoms with E-state index in [1.165, 1.54) is 24.1 Å². The molecular weight excluding hydrogens is 482 g/mol. The highest BCUT2D eigenvalue weighted by Crippen LogP contribution is 2.45. The maximum atomic E-state index is 13.5. The van der Waals surface area contributed by atoms with Crippen molar-refractivity contribution in [2.45, 2.75) is 10.9 Å². The molecule has 4 rings (SSSR count). The summed E-state index contributed by atoms with van der Waals surface area (Å²) < 4.78 is 33.0. The fourth-order valence-electron chi connectivity index (χ4n) is 3.54. The molecule has 1 amide bonds. The van der Waals surface area contributed by atoms with Crippen molar-refractivity contribution < 1.29 is 23.1 Å². The van der Waals surface area contributed by atoms with Gasteiger partial charge in [-0.15, -0.1) is 0 Å². The van der Waals surface area contributed by atoms with E-state index in [9.17, 15) is 18.3 Å². The number of aliphatic hydroxyl groups is 1. The van der Waals surface area contributed by atoms with Crippen molar-refractivity contribution in [3.8, 4) is 5.75 Å². The van der Waals surface area contributed by atoms with Gasteiger partial charge in [-0.1, -0.05) is 46.3 Å². The van der Waals surface area contributed by atoms with Crippen LogP contribution in [-0.2, 0) is 14.6 Å². The monoisotopic (exact) mass is 499 g/mol. The van der Waals surface area contributed by atoms with Crippen molar-refractivity contribution in [1.29, 1.82) is 0 Å². The standard InChI is InChI=1S/C23H18BrNO5S/c1-30-18-13-7-15(8-14-18)20-22(31(28,29)19-5-3-2-4-6-19)21(26)23(27)25(20)17-11-9-16(24)10-12-17/h2-14,20,26H,1H3/t20-/m0/s1. The lowest BCUT2D eigenvalue weighted by Crippen LogP contribution is -2.31. The third kappa shape index (κ3) is 3.73. The fraction of sp³-hybridized carbons (Fsp3) is 0.0870. The molecule has 0 aromatic heterocycles. The van der Waals surface area contributed by atoms with E-state index in [1.807, 2.05) is 0 Å². The summed E-state index contributed by atoms with van der Waals surface area (Å²) in [5, 5.41) is 10.7. The van der Waals surface area contributed by atoms with Crippen LogP contribution < -0.4 is 9.64 Å². The molecule has 0 saturated heterocycles. The predicted octanol–water partition coefficient (Wildman–Crippen LogP) is 4.79. The second-order valence-corrected chi connectivity index (χ2v) is 9.69. The number of anilines is 1. The molecule has 0 spiro atoms. The van der Waals surface area contributed by atoms with Gasteiger partial charge in [-0.2, -0.15) is 0 Å². The van der Waals surface area contributed by atoms with Crippen LogP contribution in [0.2, 0.25) is 0 Å². The summed E-state index contributed by atoms with van der Waals surface area (Å²) in [5.41, 5.74) is 0.981. The summed E-state index contributed by atoms with van der Waals surface area (Å²) in [6, 6.07) is 20.3. The summed E-state index contributed by atoms with van der Waals surface area (Å²) in [6.45, 7) is 0. The molecule has 0 aliphatic carbocycles. The highest BCUT2D eigenvalue weighted by Gasteiger charge is 2.47. The number of methoxy groups -OCH3 is 1. The molecule has 1 aliphatic rings. The van der Waals surface area contributed by atoms with E-state index in [2.05, 4.69) is 15.9 Å². The van der Waals surface area contributed by atoms with Crippen molar-refractivity contribution in [2.75, 3.05) is 12.0 Å². The van der Waals surface area contributed by atoms with Crippen molar-refractivity contribution in [2.24, 2.45) is 0 Å². The minimum absolute atomic E-state index is 0.000479. The summed E-state index contributed by atoms with van der Waals surface area (Å²) in [4.78, 5) is 14.0. The van der Waals surface area contributed by atoms with Gasteiger partial charge in [-0.05, 0) is 54.1 Å². The first-order valence-corrected chi connectivity index (χ1v) is 11.6. The van der Waals surface area contributed by atoms with Gasteiger partial charge in [0.2, 0.25) is 9.84 Å². The number of carbonyl (C=O) groups excluding carboxylic acids is 1. The number of rotatable bonds is 5. The summed E-state index contributed by atoms with van der Waals surface area (Å²) >= 11 is 3.36. The van der Waals surface area contributed by atoms with Crippen molar-refractivity contribution >= 4 is 37.4 Å². The van der Waals surface area contributed by atoms with E-state index in [1.54, 1.807) is 66.7 Å². The van der Waals surface area contributed by atoms with Crippen LogP contribution in [0.1, 0.15) is 11.6 Å². The van der Waals surface area contributed by atoms with Gasteiger partial charge >= 0.3 is 0 Å². The summed E-state index contributed by atoms with van der Waals surface area (Å²) in [5.74, 6) is -0.978. The van der Waals surface area contributed by atoms with Crippen LogP contribution in [0.3, 0.4) is 0 Å². The molecule has 8 heteroatoms. The molecule has 0 radical (unpaired) electrons. The van der Waals surface area contributed by atoms with Crippen LogP contribution in [-0.4, -0.2) is 26.5 Å². The Bertz CT molecular complexity index is 1250. The molecule has 1 aliphatic heterocycles. The number of halogens is 1. The van der Waals surface area contributed by atoms with Crippen molar-refractivity contribution in [1.82, 2.24) is 0 Å². The van der Waals surface area contributed by atoms with Crippen LogP contribution in [0.4, 0.5) is 5.69 Å². The Morgan fingerprint density at radius 2 is 1.55 bits per heavy atom. The van der Waals surface area contributed by atoms with Gasteiger partial charge in [0.05, 0.1) is 12.0 Å². The van der Waals surface area contributed by atoms with Crippen LogP contribution in [0.15, 0.2) is 98.9 Å². The Morgan fingerprint density at radius 3 is 2.13 bits per heavy atom. The molecule has 1 N–H and O–H groups in total. The molecule has 0 saturated carbocycles. The van der Waals surface area contributed by atoms with Crippen LogP contribution >= 0.6 is 15.9 Å². The van der Waals surface area contributed by atoms with Gasteiger partial charge in [0.25, 0.3) is 5.91 Å². The largest absolute Gasteiger partial charge is 0.502 e. The number of aliphatic hydroxyl groups excluding tert-OH is 1. The third-order valence-corrected chi connectivity index (χ3v) is 7.46. The number of sulfone groups is 1. The zero-order valence-corrected chi connectivity index (χ0v) is 18.8. The number of nitrogens with zero attached hydrogens (tertiary/aromatic N) is 1. The zero-order valence-electron chi connectivity index (χ0n) is 16.4. The maximum absolute atomic E-state index is 13.5. The predicted molar refractivity (Wildman–Crippen MR) is 121 cm³/mol. The number of amides is 1. The molecule has 31 heavy (non-hydrogen) atoms. The molecule has 3 aromatic carbocycles. The second-order valence-electron chi connectivity index (χ2n) is 6.86. The minimum Gasteiger partial charge on any atom is -0.502 e. The molecule has 1 heterocycles. The average Bonchev–Trinajstić information content (AvgIpc) is 3.06. The Hall–Kier alpha value is -3.10. The number of carbonyl (C=O) groups is 1. The molecule has 1 atom stereocenters. The molecule has 6 nitrogen and oxygen atoms in total.